The molecule has 4 heteroatoms. The molecule has 0 aliphatic rings. The van der Waals surface area contributed by atoms with Gasteiger partial charge in [-0.3, -0.25) is 4.57 Å². The third-order valence-corrected chi connectivity index (χ3v) is 11.8. The summed E-state index contributed by atoms with van der Waals surface area (Å²) in [6.45, 7) is 6.22. The van der Waals surface area contributed by atoms with Crippen LogP contribution in [0.1, 0.15) is 11.3 Å². The monoisotopic (exact) mass is 700 g/mol. The van der Waals surface area contributed by atoms with Crippen molar-refractivity contribution in [2.24, 2.45) is 0 Å². The van der Waals surface area contributed by atoms with E-state index in [0.717, 1.165) is 38.6 Å². The number of benzene rings is 8. The minimum Gasteiger partial charge on any atom is -0.308 e. The Kier molecular flexibility index (Phi) is 6.10. The summed E-state index contributed by atoms with van der Waals surface area (Å²) >= 11 is 0. The number of allylic oxidation sites excluding steroid dienone is 2. The van der Waals surface area contributed by atoms with Gasteiger partial charge in [0.1, 0.15) is 0 Å². The van der Waals surface area contributed by atoms with E-state index in [1.807, 2.05) is 12.2 Å². The summed E-state index contributed by atoms with van der Waals surface area (Å²) in [5.74, 6) is 0.656. The Hall–Kier alpha value is -7.30. The number of para-hydroxylation sites is 1. The molecule has 12 rings (SSSR count). The second-order valence-corrected chi connectivity index (χ2v) is 14.6. The zero-order valence-electron chi connectivity index (χ0n) is 30.1. The summed E-state index contributed by atoms with van der Waals surface area (Å²) in [4.78, 5) is 11.2. The Bertz CT molecular complexity index is 3630. The SMILES string of the molecule is C=C/C=C\c1c(C)c2cc3c4ccc5ccccc5c4n(-c4nc(-c5ccc6ccccc6c5)c5c(ccc6ccccc65)n4)c3c3c4ccccc4n1c23. The van der Waals surface area contributed by atoms with Gasteiger partial charge in [-0.1, -0.05) is 140 Å². The molecule has 0 saturated carbocycles. The molecule has 12 aromatic rings. The van der Waals surface area contributed by atoms with E-state index in [1.165, 1.54) is 76.2 Å². The fraction of sp³-hybridized carbons (Fsp3) is 0.0196. The summed E-state index contributed by atoms with van der Waals surface area (Å²) < 4.78 is 4.80. The van der Waals surface area contributed by atoms with Gasteiger partial charge in [-0.05, 0) is 69.8 Å². The van der Waals surface area contributed by atoms with Crippen molar-refractivity contribution in [1.82, 2.24) is 18.9 Å². The van der Waals surface area contributed by atoms with Crippen molar-refractivity contribution in [1.29, 1.82) is 0 Å². The van der Waals surface area contributed by atoms with Gasteiger partial charge in [-0.15, -0.1) is 0 Å². The standard InChI is InChI=1S/C51H32N4/c1-3-4-20-43-30(2)40-29-41-38-26-24-33-15-8-10-18-37(33)48(38)55(50(41)46-39-19-11-12-21-44(39)54(43)49(40)46)51-52-42-27-25-32-14-7-9-17-36(32)45(42)47(53-51)35-23-22-31-13-5-6-16-34(31)28-35/h3-29H,1H2,2H3/b20-4-. The largest absolute Gasteiger partial charge is 0.308 e. The maximum Gasteiger partial charge on any atom is 0.235 e. The summed E-state index contributed by atoms with van der Waals surface area (Å²) in [6, 6.07) is 52.6. The predicted octanol–water partition coefficient (Wildman–Crippen LogP) is 13.4. The molecule has 4 aromatic heterocycles. The molecule has 0 spiro atoms. The molecule has 256 valence electrons. The van der Waals surface area contributed by atoms with E-state index in [4.69, 9.17) is 9.97 Å². The van der Waals surface area contributed by atoms with Crippen LogP contribution in [0.25, 0.3) is 115 Å². The van der Waals surface area contributed by atoms with Crippen LogP contribution in [0.3, 0.4) is 0 Å². The number of fused-ring (bicyclic) bond motifs is 13. The molecule has 0 fully saturated rings. The Morgan fingerprint density at radius 3 is 2.05 bits per heavy atom. The Balaban J connectivity index is 1.32. The van der Waals surface area contributed by atoms with Crippen molar-refractivity contribution in [2.75, 3.05) is 0 Å². The van der Waals surface area contributed by atoms with Gasteiger partial charge < -0.3 is 4.40 Å². The summed E-state index contributed by atoms with van der Waals surface area (Å²) in [5, 5.41) is 14.1. The fourth-order valence-electron chi connectivity index (χ4n) is 9.35. The molecule has 8 aromatic carbocycles. The van der Waals surface area contributed by atoms with Crippen molar-refractivity contribution in [2.45, 2.75) is 6.92 Å². The van der Waals surface area contributed by atoms with Gasteiger partial charge in [0.2, 0.25) is 5.95 Å². The molecule has 0 amide bonds. The van der Waals surface area contributed by atoms with Crippen molar-refractivity contribution in [3.05, 3.63) is 176 Å². The quantitative estimate of drug-likeness (QED) is 0.135. The highest BCUT2D eigenvalue weighted by molar-refractivity contribution is 6.32. The van der Waals surface area contributed by atoms with Gasteiger partial charge in [0, 0.05) is 49.0 Å². The molecule has 0 bridgehead atoms. The van der Waals surface area contributed by atoms with Gasteiger partial charge in [-0.25, -0.2) is 9.97 Å². The van der Waals surface area contributed by atoms with Crippen LogP contribution in [-0.2, 0) is 0 Å². The Morgan fingerprint density at radius 1 is 0.527 bits per heavy atom. The number of aromatic nitrogens is 4. The molecule has 4 heterocycles. The summed E-state index contributed by atoms with van der Waals surface area (Å²) in [5.41, 5.74) is 9.94. The average molecular weight is 701 g/mol. The van der Waals surface area contributed by atoms with Crippen molar-refractivity contribution in [3.63, 3.8) is 0 Å². The molecule has 0 atom stereocenters. The first-order valence-electron chi connectivity index (χ1n) is 18.8. The van der Waals surface area contributed by atoms with E-state index in [1.54, 1.807) is 0 Å². The minimum atomic E-state index is 0.656. The number of aryl methyl sites for hydroxylation is 1. The van der Waals surface area contributed by atoms with E-state index < -0.39 is 0 Å². The van der Waals surface area contributed by atoms with Crippen LogP contribution in [0.4, 0.5) is 0 Å². The van der Waals surface area contributed by atoms with Gasteiger partial charge in [0.25, 0.3) is 0 Å². The van der Waals surface area contributed by atoms with E-state index >= 15 is 0 Å². The number of hydrogen-bond acceptors (Lipinski definition) is 2. The third-order valence-electron chi connectivity index (χ3n) is 11.8. The number of rotatable bonds is 4. The molecule has 0 saturated heterocycles. The molecular weight excluding hydrogens is 669 g/mol. The zero-order chi connectivity index (χ0) is 36.4. The molecule has 0 N–H and O–H groups in total. The van der Waals surface area contributed by atoms with Crippen LogP contribution in [0.2, 0.25) is 0 Å². The van der Waals surface area contributed by atoms with Crippen molar-refractivity contribution in [3.8, 4) is 17.2 Å². The van der Waals surface area contributed by atoms with Crippen LogP contribution in [0, 0.1) is 6.92 Å². The second-order valence-electron chi connectivity index (χ2n) is 14.6. The second kappa shape index (κ2) is 11.1. The predicted molar refractivity (Wildman–Crippen MR) is 233 cm³/mol. The first-order valence-corrected chi connectivity index (χ1v) is 18.8. The molecule has 0 unspecified atom stereocenters. The Labute approximate surface area is 315 Å². The van der Waals surface area contributed by atoms with Gasteiger partial charge >= 0.3 is 0 Å². The lowest BCUT2D eigenvalue weighted by atomic mass is 9.98. The van der Waals surface area contributed by atoms with Crippen molar-refractivity contribution >= 4 is 98.3 Å². The molecule has 55 heavy (non-hydrogen) atoms. The van der Waals surface area contributed by atoms with Gasteiger partial charge in [0.05, 0.1) is 33.3 Å². The Morgan fingerprint density at radius 2 is 1.22 bits per heavy atom. The van der Waals surface area contributed by atoms with Gasteiger partial charge in [0.15, 0.2) is 0 Å². The molecule has 0 aliphatic heterocycles. The first kappa shape index (κ1) is 30.2. The van der Waals surface area contributed by atoms with E-state index in [0.29, 0.717) is 5.95 Å². The fourth-order valence-corrected chi connectivity index (χ4v) is 9.35. The van der Waals surface area contributed by atoms with Crippen LogP contribution < -0.4 is 0 Å². The van der Waals surface area contributed by atoms with Crippen molar-refractivity contribution < 1.29 is 0 Å². The zero-order valence-corrected chi connectivity index (χ0v) is 30.1. The van der Waals surface area contributed by atoms with E-state index in [-0.39, 0.29) is 0 Å². The van der Waals surface area contributed by atoms with E-state index in [9.17, 15) is 0 Å². The lowest BCUT2D eigenvalue weighted by molar-refractivity contribution is 1.02. The first-order chi connectivity index (χ1) is 27.2. The summed E-state index contributed by atoms with van der Waals surface area (Å²) in [6.07, 6.45) is 6.07. The third kappa shape index (κ3) is 4.05. The van der Waals surface area contributed by atoms with Crippen LogP contribution in [0.15, 0.2) is 164 Å². The normalized spacial score (nSPS) is 12.5. The number of hydrogen-bond donors (Lipinski definition) is 0. The highest BCUT2D eigenvalue weighted by Crippen LogP contribution is 2.47. The van der Waals surface area contributed by atoms with Gasteiger partial charge in [-0.2, -0.15) is 0 Å². The lowest BCUT2D eigenvalue weighted by Gasteiger charge is -2.15. The summed E-state index contributed by atoms with van der Waals surface area (Å²) in [7, 11) is 0. The van der Waals surface area contributed by atoms with Crippen LogP contribution >= 0.6 is 0 Å². The smallest absolute Gasteiger partial charge is 0.235 e. The van der Waals surface area contributed by atoms with Crippen LogP contribution in [0.5, 0.6) is 0 Å². The van der Waals surface area contributed by atoms with Crippen LogP contribution in [-0.4, -0.2) is 18.9 Å². The molecule has 0 aliphatic carbocycles. The lowest BCUT2D eigenvalue weighted by Crippen LogP contribution is -2.04. The number of nitrogens with zero attached hydrogens (tertiary/aromatic N) is 4. The maximum absolute atomic E-state index is 5.69. The average Bonchev–Trinajstić information content (AvgIpc) is 3.86. The topological polar surface area (TPSA) is 35.1 Å². The maximum atomic E-state index is 5.69. The minimum absolute atomic E-state index is 0.656. The highest BCUT2D eigenvalue weighted by atomic mass is 15.2. The highest BCUT2D eigenvalue weighted by Gasteiger charge is 2.27. The molecule has 4 nitrogen and oxygen atoms in total. The van der Waals surface area contributed by atoms with E-state index in [2.05, 4.69) is 174 Å². The molecule has 0 radical (unpaired) electrons. The molecular formula is C51H32N4.